The van der Waals surface area contributed by atoms with Crippen molar-refractivity contribution >= 4 is 21.2 Å². The Labute approximate surface area is 167 Å². The van der Waals surface area contributed by atoms with Crippen LogP contribution in [-0.4, -0.2) is 34.7 Å². The molecule has 2 aromatic heterocycles. The van der Waals surface area contributed by atoms with Crippen LogP contribution in [0, 0.1) is 16.0 Å². The van der Waals surface area contributed by atoms with E-state index in [0.717, 1.165) is 12.3 Å². The molecule has 152 valence electrons. The van der Waals surface area contributed by atoms with Gasteiger partial charge in [-0.05, 0) is 30.2 Å². The molecule has 3 aromatic rings. The Morgan fingerprint density at radius 1 is 1.24 bits per heavy atom. The van der Waals surface area contributed by atoms with E-state index in [9.17, 15) is 18.5 Å². The number of nitrogens with zero attached hydrogens (tertiary/aromatic N) is 4. The zero-order chi connectivity index (χ0) is 21.2. The van der Waals surface area contributed by atoms with Crippen molar-refractivity contribution in [2.45, 2.75) is 24.8 Å². The van der Waals surface area contributed by atoms with Gasteiger partial charge in [-0.25, -0.2) is 8.42 Å². The van der Waals surface area contributed by atoms with Crippen molar-refractivity contribution in [1.82, 2.24) is 15.1 Å². The molecule has 0 saturated carbocycles. The third-order valence-electron chi connectivity index (χ3n) is 4.20. The number of rotatable bonds is 7. The third kappa shape index (κ3) is 4.57. The Morgan fingerprint density at radius 2 is 2.00 bits per heavy atom. The summed E-state index contributed by atoms with van der Waals surface area (Å²) in [7, 11) is -3.58. The van der Waals surface area contributed by atoms with E-state index < -0.39 is 20.8 Å². The van der Waals surface area contributed by atoms with E-state index >= 15 is 0 Å². The number of nitro groups is 1. The molecule has 0 aliphatic rings. The molecule has 10 nitrogen and oxygen atoms in total. The maximum Gasteiger partial charge on any atom is 0.293 e. The minimum atomic E-state index is -3.58. The average Bonchev–Trinajstić information content (AvgIpc) is 3.15. The van der Waals surface area contributed by atoms with Crippen LogP contribution in [0.1, 0.15) is 25.8 Å². The van der Waals surface area contributed by atoms with Gasteiger partial charge in [-0.15, -0.1) is 0 Å². The first kappa shape index (κ1) is 20.4. The molecule has 0 fully saturated rings. The fourth-order valence-electron chi connectivity index (χ4n) is 2.67. The summed E-state index contributed by atoms with van der Waals surface area (Å²) in [6.07, 6.45) is 4.22. The molecular weight excluding hydrogens is 398 g/mol. The van der Waals surface area contributed by atoms with Gasteiger partial charge in [0.15, 0.2) is 9.84 Å². The van der Waals surface area contributed by atoms with E-state index in [0.29, 0.717) is 11.4 Å². The van der Waals surface area contributed by atoms with Gasteiger partial charge >= 0.3 is 0 Å². The minimum absolute atomic E-state index is 0.0635. The fraction of sp³-hybridized carbons (Fsp3) is 0.278. The molecule has 1 atom stereocenters. The molecule has 2 heterocycles. The molecule has 11 heteroatoms. The standard InChI is InChI=1S/C18H19N5O5S/c1-11(2)16(18-21-17(22-28-18)12-5-4-8-19-10-12)20-14-7-6-13(29(3,26)27)9-15(14)23(24)25/h4-11,16,20H,1-3H3. The van der Waals surface area contributed by atoms with Crippen molar-refractivity contribution in [1.29, 1.82) is 0 Å². The number of nitro benzene ring substituents is 1. The second-order valence-electron chi connectivity index (χ2n) is 6.77. The lowest BCUT2D eigenvalue weighted by Crippen LogP contribution is -2.18. The zero-order valence-electron chi connectivity index (χ0n) is 15.9. The Balaban J connectivity index is 1.96. The summed E-state index contributed by atoms with van der Waals surface area (Å²) in [5.74, 6) is 0.536. The summed E-state index contributed by atoms with van der Waals surface area (Å²) in [6.45, 7) is 3.78. The predicted octanol–water partition coefficient (Wildman–Crippen LogP) is 3.25. The maximum absolute atomic E-state index is 11.7. The van der Waals surface area contributed by atoms with Crippen LogP contribution < -0.4 is 5.32 Å². The monoisotopic (exact) mass is 417 g/mol. The molecule has 1 N–H and O–H groups in total. The number of aromatic nitrogens is 3. The zero-order valence-corrected chi connectivity index (χ0v) is 16.8. The summed E-state index contributed by atoms with van der Waals surface area (Å²) in [6, 6.07) is 6.71. The van der Waals surface area contributed by atoms with Crippen molar-refractivity contribution in [3.8, 4) is 11.4 Å². The quantitative estimate of drug-likeness (QED) is 0.453. The van der Waals surface area contributed by atoms with Gasteiger partial charge in [-0.2, -0.15) is 4.98 Å². The summed E-state index contributed by atoms with van der Waals surface area (Å²) in [5, 5.41) is 18.5. The number of anilines is 1. The number of pyridine rings is 1. The average molecular weight is 417 g/mol. The van der Waals surface area contributed by atoms with Crippen LogP contribution in [0.2, 0.25) is 0 Å². The third-order valence-corrected chi connectivity index (χ3v) is 5.31. The van der Waals surface area contributed by atoms with Crippen molar-refractivity contribution in [3.05, 3.63) is 58.7 Å². The lowest BCUT2D eigenvalue weighted by atomic mass is 10.0. The Hall–Kier alpha value is -3.34. The SMILES string of the molecule is CC(C)C(Nc1ccc(S(C)(=O)=O)cc1[N+](=O)[O-])c1nc(-c2cccnc2)no1. The molecule has 0 saturated heterocycles. The van der Waals surface area contributed by atoms with Gasteiger partial charge in [0.05, 0.1) is 9.82 Å². The summed E-state index contributed by atoms with van der Waals surface area (Å²) in [4.78, 5) is 19.1. The number of nitrogens with one attached hydrogen (secondary N) is 1. The molecule has 0 aliphatic carbocycles. The van der Waals surface area contributed by atoms with Crippen molar-refractivity contribution in [3.63, 3.8) is 0 Å². The van der Waals surface area contributed by atoms with Gasteiger partial charge in [0.2, 0.25) is 11.7 Å². The van der Waals surface area contributed by atoms with Crippen LogP contribution in [0.4, 0.5) is 11.4 Å². The van der Waals surface area contributed by atoms with Gasteiger partial charge < -0.3 is 9.84 Å². The first-order valence-electron chi connectivity index (χ1n) is 8.66. The minimum Gasteiger partial charge on any atom is -0.368 e. The van der Waals surface area contributed by atoms with Gasteiger partial charge in [0.25, 0.3) is 5.69 Å². The molecule has 0 spiro atoms. The summed E-state index contributed by atoms with van der Waals surface area (Å²) in [5.41, 5.74) is 0.473. The number of hydrogen-bond acceptors (Lipinski definition) is 9. The highest BCUT2D eigenvalue weighted by Crippen LogP contribution is 2.33. The van der Waals surface area contributed by atoms with Crippen LogP contribution in [-0.2, 0) is 9.84 Å². The second-order valence-corrected chi connectivity index (χ2v) is 8.79. The lowest BCUT2D eigenvalue weighted by Gasteiger charge is -2.19. The molecule has 29 heavy (non-hydrogen) atoms. The normalized spacial score (nSPS) is 12.7. The molecule has 0 aliphatic heterocycles. The smallest absolute Gasteiger partial charge is 0.293 e. The number of hydrogen-bond donors (Lipinski definition) is 1. The Bertz CT molecular complexity index is 1130. The second kappa shape index (κ2) is 7.95. The van der Waals surface area contributed by atoms with Gasteiger partial charge in [-0.3, -0.25) is 15.1 Å². The predicted molar refractivity (Wildman–Crippen MR) is 105 cm³/mol. The molecule has 0 bridgehead atoms. The number of benzene rings is 1. The van der Waals surface area contributed by atoms with Crippen molar-refractivity contribution < 1.29 is 17.9 Å². The van der Waals surface area contributed by atoms with Crippen LogP contribution >= 0.6 is 0 Å². The lowest BCUT2D eigenvalue weighted by molar-refractivity contribution is -0.384. The molecule has 1 aromatic carbocycles. The van der Waals surface area contributed by atoms with E-state index in [4.69, 9.17) is 4.52 Å². The van der Waals surface area contributed by atoms with Gasteiger partial charge in [0, 0.05) is 30.3 Å². The summed E-state index contributed by atoms with van der Waals surface area (Å²) < 4.78 is 28.8. The van der Waals surface area contributed by atoms with Crippen LogP contribution in [0.25, 0.3) is 11.4 Å². The summed E-state index contributed by atoms with van der Waals surface area (Å²) >= 11 is 0. The Kier molecular flexibility index (Phi) is 5.59. The van der Waals surface area contributed by atoms with E-state index in [2.05, 4.69) is 20.4 Å². The van der Waals surface area contributed by atoms with Crippen molar-refractivity contribution in [2.24, 2.45) is 5.92 Å². The molecule has 1 unspecified atom stereocenters. The molecule has 0 amide bonds. The van der Waals surface area contributed by atoms with Crippen molar-refractivity contribution in [2.75, 3.05) is 11.6 Å². The van der Waals surface area contributed by atoms with Crippen LogP contribution in [0.5, 0.6) is 0 Å². The van der Waals surface area contributed by atoms with E-state index in [1.165, 1.54) is 12.1 Å². The number of sulfone groups is 1. The van der Waals surface area contributed by atoms with E-state index in [1.54, 1.807) is 24.5 Å². The molecular formula is C18H19N5O5S. The topological polar surface area (TPSA) is 141 Å². The van der Waals surface area contributed by atoms with Crippen LogP contribution in [0.3, 0.4) is 0 Å². The van der Waals surface area contributed by atoms with Crippen LogP contribution in [0.15, 0.2) is 52.1 Å². The Morgan fingerprint density at radius 3 is 2.59 bits per heavy atom. The van der Waals surface area contributed by atoms with Gasteiger partial charge in [-0.1, -0.05) is 19.0 Å². The molecule has 3 rings (SSSR count). The van der Waals surface area contributed by atoms with Gasteiger partial charge in [0.1, 0.15) is 11.7 Å². The van der Waals surface area contributed by atoms with E-state index in [-0.39, 0.29) is 28.1 Å². The largest absolute Gasteiger partial charge is 0.368 e. The maximum atomic E-state index is 11.7. The van der Waals surface area contributed by atoms with E-state index in [1.807, 2.05) is 13.8 Å². The molecule has 0 radical (unpaired) electrons. The highest BCUT2D eigenvalue weighted by molar-refractivity contribution is 7.90. The highest BCUT2D eigenvalue weighted by Gasteiger charge is 2.27. The highest BCUT2D eigenvalue weighted by atomic mass is 32.2. The first-order chi connectivity index (χ1) is 13.7. The first-order valence-corrected chi connectivity index (χ1v) is 10.5. The fourth-order valence-corrected chi connectivity index (χ4v) is 3.31.